The number of nitrogens with one attached hydrogen (secondary N) is 1. The van der Waals surface area contributed by atoms with Gasteiger partial charge in [-0.15, -0.1) is 0 Å². The highest BCUT2D eigenvalue weighted by atomic mass is 19.1. The lowest BCUT2D eigenvalue weighted by Crippen LogP contribution is -2.52. The maximum absolute atomic E-state index is 13.6. The van der Waals surface area contributed by atoms with Crippen molar-refractivity contribution in [3.8, 4) is 6.07 Å². The number of benzene rings is 1. The average Bonchev–Trinajstić information content (AvgIpc) is 2.40. The van der Waals surface area contributed by atoms with Gasteiger partial charge in [-0.05, 0) is 44.9 Å². The van der Waals surface area contributed by atoms with E-state index >= 15 is 0 Å². The molecule has 2 saturated heterocycles. The molecule has 2 atom stereocenters. The molecule has 3 nitrogen and oxygen atoms in total. The predicted octanol–water partition coefficient (Wildman–Crippen LogP) is 3.12. The normalized spacial score (nSPS) is 29.8. The number of fused-ring (bicyclic) bond motifs is 2. The molecule has 2 aliphatic heterocycles. The van der Waals surface area contributed by atoms with Crippen LogP contribution in [0.4, 0.5) is 10.1 Å². The van der Waals surface area contributed by atoms with Gasteiger partial charge in [0.25, 0.3) is 0 Å². The molecule has 0 saturated carbocycles. The summed E-state index contributed by atoms with van der Waals surface area (Å²) >= 11 is 0. The van der Waals surface area contributed by atoms with Crippen LogP contribution in [0.1, 0.15) is 37.7 Å². The lowest BCUT2D eigenvalue weighted by molar-refractivity contribution is 0.0608. The van der Waals surface area contributed by atoms with Crippen LogP contribution < -0.4 is 5.32 Å². The second-order valence-corrected chi connectivity index (χ2v) is 5.99. The number of halogens is 1. The summed E-state index contributed by atoms with van der Waals surface area (Å²) in [5.74, 6) is -0.439. The maximum atomic E-state index is 13.6. The number of rotatable bonds is 2. The molecule has 1 N–H and O–H groups in total. The number of nitriles is 1. The van der Waals surface area contributed by atoms with E-state index in [-0.39, 0.29) is 5.56 Å². The number of piperidine rings is 2. The molecule has 0 aromatic heterocycles. The Hall–Kier alpha value is -1.60. The number of nitrogens with zero attached hydrogens (tertiary/aromatic N) is 2. The van der Waals surface area contributed by atoms with Crippen molar-refractivity contribution in [2.45, 2.75) is 50.2 Å². The fourth-order valence-electron chi connectivity index (χ4n) is 3.71. The van der Waals surface area contributed by atoms with Gasteiger partial charge in [0, 0.05) is 18.1 Å². The molecule has 2 heterocycles. The molecule has 2 bridgehead atoms. The van der Waals surface area contributed by atoms with Gasteiger partial charge in [-0.2, -0.15) is 5.26 Å². The molecule has 0 spiro atoms. The minimum absolute atomic E-state index is 0.136. The van der Waals surface area contributed by atoms with E-state index in [0.717, 1.165) is 12.8 Å². The Morgan fingerprint density at radius 2 is 2.00 bits per heavy atom. The van der Waals surface area contributed by atoms with E-state index in [4.69, 9.17) is 5.26 Å². The van der Waals surface area contributed by atoms with Crippen LogP contribution in [0.25, 0.3) is 0 Å². The van der Waals surface area contributed by atoms with Gasteiger partial charge in [0.1, 0.15) is 17.4 Å². The maximum Gasteiger partial charge on any atom is 0.143 e. The lowest BCUT2D eigenvalue weighted by atomic mass is 9.82. The van der Waals surface area contributed by atoms with Crippen molar-refractivity contribution in [3.63, 3.8) is 0 Å². The highest BCUT2D eigenvalue weighted by Crippen LogP contribution is 2.34. The third-order valence-corrected chi connectivity index (χ3v) is 4.82. The highest BCUT2D eigenvalue weighted by Gasteiger charge is 2.36. The molecular weight excluding hydrogens is 253 g/mol. The largest absolute Gasteiger partial charge is 0.381 e. The molecule has 0 radical (unpaired) electrons. The van der Waals surface area contributed by atoms with Crippen LogP contribution in [0, 0.1) is 17.1 Å². The molecule has 0 aliphatic carbocycles. The molecule has 2 aliphatic rings. The lowest BCUT2D eigenvalue weighted by Gasteiger charge is -2.47. The van der Waals surface area contributed by atoms with Crippen LogP contribution in [0.3, 0.4) is 0 Å². The minimum Gasteiger partial charge on any atom is -0.381 e. The number of anilines is 1. The van der Waals surface area contributed by atoms with Crippen LogP contribution in [0.15, 0.2) is 18.2 Å². The molecule has 0 amide bonds. The first-order valence-electron chi connectivity index (χ1n) is 7.36. The van der Waals surface area contributed by atoms with Crippen LogP contribution in [-0.4, -0.2) is 30.1 Å². The first-order valence-corrected chi connectivity index (χ1v) is 7.36. The SMILES string of the molecule is CN1C2CCCC1CC(Nc1cccc(F)c1C#N)C2. The molecule has 2 unspecified atom stereocenters. The first-order chi connectivity index (χ1) is 9.69. The van der Waals surface area contributed by atoms with Crippen LogP contribution in [0.5, 0.6) is 0 Å². The molecular formula is C16H20FN3. The summed E-state index contributed by atoms with van der Waals surface area (Å²) in [4.78, 5) is 2.50. The smallest absolute Gasteiger partial charge is 0.143 e. The van der Waals surface area contributed by atoms with E-state index in [2.05, 4.69) is 17.3 Å². The molecule has 2 fully saturated rings. The summed E-state index contributed by atoms with van der Waals surface area (Å²) in [6.45, 7) is 0. The third kappa shape index (κ3) is 2.38. The Bertz CT molecular complexity index is 523. The van der Waals surface area contributed by atoms with Gasteiger partial charge in [0.15, 0.2) is 0 Å². The van der Waals surface area contributed by atoms with Gasteiger partial charge in [-0.3, -0.25) is 0 Å². The Morgan fingerprint density at radius 3 is 2.65 bits per heavy atom. The van der Waals surface area contributed by atoms with Gasteiger partial charge < -0.3 is 10.2 Å². The summed E-state index contributed by atoms with van der Waals surface area (Å²) < 4.78 is 13.6. The van der Waals surface area contributed by atoms with Gasteiger partial charge >= 0.3 is 0 Å². The third-order valence-electron chi connectivity index (χ3n) is 4.82. The number of hydrogen-bond donors (Lipinski definition) is 1. The molecule has 20 heavy (non-hydrogen) atoms. The molecule has 3 rings (SSSR count). The van der Waals surface area contributed by atoms with Crippen molar-refractivity contribution in [1.82, 2.24) is 4.90 Å². The van der Waals surface area contributed by atoms with Crippen LogP contribution in [-0.2, 0) is 0 Å². The van der Waals surface area contributed by atoms with Crippen molar-refractivity contribution >= 4 is 5.69 Å². The summed E-state index contributed by atoms with van der Waals surface area (Å²) in [7, 11) is 2.22. The Morgan fingerprint density at radius 1 is 1.30 bits per heavy atom. The first kappa shape index (κ1) is 13.4. The zero-order chi connectivity index (χ0) is 14.1. The Kier molecular flexibility index (Phi) is 3.62. The van der Waals surface area contributed by atoms with Crippen molar-refractivity contribution in [2.75, 3.05) is 12.4 Å². The fourth-order valence-corrected chi connectivity index (χ4v) is 3.71. The quantitative estimate of drug-likeness (QED) is 0.899. The molecule has 106 valence electrons. The zero-order valence-electron chi connectivity index (χ0n) is 11.8. The summed E-state index contributed by atoms with van der Waals surface area (Å²) in [6.07, 6.45) is 5.97. The summed E-state index contributed by atoms with van der Waals surface area (Å²) in [5.41, 5.74) is 0.775. The van der Waals surface area contributed by atoms with Crippen molar-refractivity contribution < 1.29 is 4.39 Å². The standard InChI is InChI=1S/C16H20FN3/c1-20-12-4-2-5-13(20)9-11(8-12)19-16-7-3-6-15(17)14(16)10-18/h3,6-7,11-13,19H,2,4-5,8-9H2,1H3. The van der Waals surface area contributed by atoms with Crippen LogP contribution >= 0.6 is 0 Å². The van der Waals surface area contributed by atoms with E-state index in [1.807, 2.05) is 6.07 Å². The minimum atomic E-state index is -0.439. The van der Waals surface area contributed by atoms with E-state index < -0.39 is 5.82 Å². The molecule has 1 aromatic carbocycles. The van der Waals surface area contributed by atoms with Crippen molar-refractivity contribution in [2.24, 2.45) is 0 Å². The van der Waals surface area contributed by atoms with E-state index in [1.165, 1.54) is 25.3 Å². The average molecular weight is 273 g/mol. The van der Waals surface area contributed by atoms with E-state index in [9.17, 15) is 4.39 Å². The fraction of sp³-hybridized carbons (Fsp3) is 0.562. The monoisotopic (exact) mass is 273 g/mol. The summed E-state index contributed by atoms with van der Waals surface area (Å²) in [6, 6.07) is 8.36. The Labute approximate surface area is 119 Å². The van der Waals surface area contributed by atoms with Gasteiger partial charge in [0.05, 0.1) is 5.69 Å². The summed E-state index contributed by atoms with van der Waals surface area (Å²) in [5, 5.41) is 12.5. The van der Waals surface area contributed by atoms with E-state index in [1.54, 1.807) is 12.1 Å². The van der Waals surface area contributed by atoms with Gasteiger partial charge in [-0.1, -0.05) is 12.5 Å². The second-order valence-electron chi connectivity index (χ2n) is 5.99. The second kappa shape index (κ2) is 5.41. The Balaban J connectivity index is 1.76. The van der Waals surface area contributed by atoms with E-state index in [0.29, 0.717) is 23.8 Å². The topological polar surface area (TPSA) is 39.1 Å². The molecule has 4 heteroatoms. The van der Waals surface area contributed by atoms with Crippen molar-refractivity contribution in [1.29, 1.82) is 5.26 Å². The molecule has 1 aromatic rings. The highest BCUT2D eigenvalue weighted by molar-refractivity contribution is 5.58. The zero-order valence-corrected chi connectivity index (χ0v) is 11.8. The van der Waals surface area contributed by atoms with Gasteiger partial charge in [0.2, 0.25) is 0 Å². The van der Waals surface area contributed by atoms with Gasteiger partial charge in [-0.25, -0.2) is 4.39 Å². The van der Waals surface area contributed by atoms with Crippen molar-refractivity contribution in [3.05, 3.63) is 29.6 Å². The van der Waals surface area contributed by atoms with Crippen LogP contribution in [0.2, 0.25) is 0 Å². The predicted molar refractivity (Wildman–Crippen MR) is 76.9 cm³/mol. The number of hydrogen-bond acceptors (Lipinski definition) is 3.